The second-order valence-corrected chi connectivity index (χ2v) is 10.1. The first-order chi connectivity index (χ1) is 12.1. The third kappa shape index (κ3) is 3.69. The van der Waals surface area contributed by atoms with Crippen molar-refractivity contribution in [2.75, 3.05) is 11.0 Å². The average molecular weight is 412 g/mol. The van der Waals surface area contributed by atoms with Gasteiger partial charge in [-0.05, 0) is 42.5 Å². The topological polar surface area (TPSA) is 130 Å². The Morgan fingerprint density at radius 2 is 1.65 bits per heavy atom. The summed E-state index contributed by atoms with van der Waals surface area (Å²) in [7, 11) is -7.34. The van der Waals surface area contributed by atoms with Crippen LogP contribution in [0.25, 0.3) is 10.2 Å². The molecule has 0 atom stereocenters. The number of aromatic carboxylic acids is 1. The van der Waals surface area contributed by atoms with Gasteiger partial charge in [0.25, 0.3) is 10.0 Å². The number of thiazole rings is 1. The predicted molar refractivity (Wildman–Crippen MR) is 96.9 cm³/mol. The number of fused-ring (bicyclic) bond motifs is 1. The summed E-state index contributed by atoms with van der Waals surface area (Å²) in [5, 5.41) is 8.93. The molecule has 8 nitrogen and oxygen atoms in total. The van der Waals surface area contributed by atoms with Crippen molar-refractivity contribution in [2.45, 2.75) is 9.79 Å². The van der Waals surface area contributed by atoms with Crippen LogP contribution in [-0.4, -0.2) is 39.2 Å². The van der Waals surface area contributed by atoms with Crippen molar-refractivity contribution >= 4 is 52.5 Å². The Kier molecular flexibility index (Phi) is 4.46. The van der Waals surface area contributed by atoms with Gasteiger partial charge in [0.2, 0.25) is 0 Å². The van der Waals surface area contributed by atoms with Crippen LogP contribution in [0.3, 0.4) is 0 Å². The summed E-state index contributed by atoms with van der Waals surface area (Å²) in [6, 6.07) is 9.08. The van der Waals surface area contributed by atoms with Crippen LogP contribution >= 0.6 is 11.3 Å². The molecule has 0 saturated heterocycles. The molecule has 0 aliphatic rings. The summed E-state index contributed by atoms with van der Waals surface area (Å²) in [6.45, 7) is 0. The number of benzene rings is 2. The van der Waals surface area contributed by atoms with Gasteiger partial charge in [0, 0.05) is 6.26 Å². The van der Waals surface area contributed by atoms with E-state index in [9.17, 15) is 21.6 Å². The van der Waals surface area contributed by atoms with E-state index in [1.165, 1.54) is 42.5 Å². The first kappa shape index (κ1) is 18.3. The lowest BCUT2D eigenvalue weighted by molar-refractivity contribution is 0.0696. The fourth-order valence-corrected chi connectivity index (χ4v) is 4.99. The van der Waals surface area contributed by atoms with Crippen molar-refractivity contribution in [1.29, 1.82) is 0 Å². The third-order valence-electron chi connectivity index (χ3n) is 3.42. The zero-order valence-electron chi connectivity index (χ0n) is 13.2. The van der Waals surface area contributed by atoms with Crippen LogP contribution in [0.2, 0.25) is 0 Å². The molecule has 3 aromatic rings. The summed E-state index contributed by atoms with van der Waals surface area (Å²) in [4.78, 5) is 15.0. The SMILES string of the molecule is CS(=O)(=O)c1ccc2nc(NS(=O)(=O)c3ccc(C(=O)O)cc3)sc2c1. The molecule has 0 fully saturated rings. The van der Waals surface area contributed by atoms with E-state index in [-0.39, 0.29) is 20.5 Å². The molecule has 1 aromatic heterocycles. The maximum Gasteiger partial charge on any atom is 0.335 e. The Hall–Kier alpha value is -2.50. The van der Waals surface area contributed by atoms with Crippen LogP contribution < -0.4 is 4.72 Å². The number of aromatic nitrogens is 1. The van der Waals surface area contributed by atoms with Gasteiger partial charge in [-0.2, -0.15) is 0 Å². The second kappa shape index (κ2) is 6.34. The third-order valence-corrected chi connectivity index (χ3v) is 6.95. The van der Waals surface area contributed by atoms with E-state index < -0.39 is 25.8 Å². The number of carboxylic acids is 1. The zero-order valence-corrected chi connectivity index (χ0v) is 15.7. The van der Waals surface area contributed by atoms with Crippen molar-refractivity contribution in [3.63, 3.8) is 0 Å². The van der Waals surface area contributed by atoms with Gasteiger partial charge in [0.05, 0.1) is 25.6 Å². The molecular formula is C15H12N2O6S3. The number of carbonyl (C=O) groups is 1. The Morgan fingerprint density at radius 1 is 1.04 bits per heavy atom. The minimum atomic E-state index is -3.96. The highest BCUT2D eigenvalue weighted by Gasteiger charge is 2.18. The van der Waals surface area contributed by atoms with Gasteiger partial charge < -0.3 is 5.11 Å². The number of nitrogens with zero attached hydrogens (tertiary/aromatic N) is 1. The zero-order chi connectivity index (χ0) is 19.1. The highest BCUT2D eigenvalue weighted by Crippen LogP contribution is 2.29. The molecule has 0 unspecified atom stereocenters. The maximum absolute atomic E-state index is 12.4. The van der Waals surface area contributed by atoms with E-state index in [2.05, 4.69) is 9.71 Å². The van der Waals surface area contributed by atoms with Crippen molar-refractivity contribution in [3.05, 3.63) is 48.0 Å². The molecule has 3 rings (SSSR count). The largest absolute Gasteiger partial charge is 0.478 e. The molecule has 0 bridgehead atoms. The molecule has 2 N–H and O–H groups in total. The number of sulfone groups is 1. The molecule has 26 heavy (non-hydrogen) atoms. The van der Waals surface area contributed by atoms with E-state index in [0.29, 0.717) is 10.2 Å². The van der Waals surface area contributed by atoms with E-state index in [4.69, 9.17) is 5.11 Å². The second-order valence-electron chi connectivity index (χ2n) is 5.36. The average Bonchev–Trinajstić information content (AvgIpc) is 2.94. The molecule has 0 radical (unpaired) electrons. The van der Waals surface area contributed by atoms with Crippen LogP contribution in [0.5, 0.6) is 0 Å². The van der Waals surface area contributed by atoms with Gasteiger partial charge in [-0.1, -0.05) is 11.3 Å². The lowest BCUT2D eigenvalue weighted by Crippen LogP contribution is -2.13. The van der Waals surface area contributed by atoms with E-state index in [1.54, 1.807) is 0 Å². The summed E-state index contributed by atoms with van der Waals surface area (Å²) in [5.74, 6) is -1.16. The summed E-state index contributed by atoms with van der Waals surface area (Å²) in [6.07, 6.45) is 1.08. The van der Waals surface area contributed by atoms with E-state index >= 15 is 0 Å². The van der Waals surface area contributed by atoms with Crippen LogP contribution in [0.1, 0.15) is 10.4 Å². The Bertz CT molecular complexity index is 1210. The van der Waals surface area contributed by atoms with E-state index in [0.717, 1.165) is 17.6 Å². The highest BCUT2D eigenvalue weighted by atomic mass is 32.2. The smallest absolute Gasteiger partial charge is 0.335 e. The summed E-state index contributed by atoms with van der Waals surface area (Å²) in [5.41, 5.74) is 0.429. The first-order valence-corrected chi connectivity index (χ1v) is 11.2. The highest BCUT2D eigenvalue weighted by molar-refractivity contribution is 7.93. The number of sulfonamides is 1. The normalized spacial score (nSPS) is 12.2. The molecule has 0 aliphatic heterocycles. The van der Waals surface area contributed by atoms with Crippen LogP contribution in [-0.2, 0) is 19.9 Å². The molecule has 1 heterocycles. The Balaban J connectivity index is 1.93. The van der Waals surface area contributed by atoms with Crippen LogP contribution in [0, 0.1) is 0 Å². The standard InChI is InChI=1S/C15H12N2O6S3/c1-25(20,21)11-6-7-12-13(8-11)24-15(16-12)17-26(22,23)10-4-2-9(3-5-10)14(18)19/h2-8H,1H3,(H,16,17)(H,18,19). The number of rotatable bonds is 5. The minimum absolute atomic E-state index is 0.0303. The molecule has 0 saturated carbocycles. The number of hydrogen-bond acceptors (Lipinski definition) is 7. The van der Waals surface area contributed by atoms with Gasteiger partial charge in [0.15, 0.2) is 15.0 Å². The van der Waals surface area contributed by atoms with E-state index in [1.807, 2.05) is 0 Å². The van der Waals surface area contributed by atoms with Crippen molar-refractivity contribution in [1.82, 2.24) is 4.98 Å². The predicted octanol–water partition coefficient (Wildman–Crippen LogP) is 2.20. The Morgan fingerprint density at radius 3 is 2.23 bits per heavy atom. The lowest BCUT2D eigenvalue weighted by atomic mass is 10.2. The monoisotopic (exact) mass is 412 g/mol. The quantitative estimate of drug-likeness (QED) is 0.657. The maximum atomic E-state index is 12.4. The molecule has 11 heteroatoms. The molecule has 0 amide bonds. The molecule has 0 spiro atoms. The Labute approximate surface area is 153 Å². The van der Waals surface area contributed by atoms with Crippen molar-refractivity contribution in [2.24, 2.45) is 0 Å². The molecule has 136 valence electrons. The number of hydrogen-bond donors (Lipinski definition) is 2. The number of carboxylic acid groups (broad SMARTS) is 1. The fourth-order valence-electron chi connectivity index (χ4n) is 2.13. The van der Waals surface area contributed by atoms with Crippen molar-refractivity contribution < 1.29 is 26.7 Å². The summed E-state index contributed by atoms with van der Waals surface area (Å²) < 4.78 is 50.8. The minimum Gasteiger partial charge on any atom is -0.478 e. The van der Waals surface area contributed by atoms with Gasteiger partial charge in [-0.3, -0.25) is 4.72 Å². The first-order valence-electron chi connectivity index (χ1n) is 7.03. The lowest BCUT2D eigenvalue weighted by Gasteiger charge is -2.05. The molecule has 2 aromatic carbocycles. The van der Waals surface area contributed by atoms with Crippen molar-refractivity contribution in [3.8, 4) is 0 Å². The number of nitrogens with one attached hydrogen (secondary N) is 1. The van der Waals surface area contributed by atoms with Gasteiger partial charge in [0.1, 0.15) is 0 Å². The summed E-state index contributed by atoms with van der Waals surface area (Å²) >= 11 is 0.997. The molecule has 0 aliphatic carbocycles. The van der Waals surface area contributed by atoms with Gasteiger partial charge in [-0.25, -0.2) is 26.6 Å². The fraction of sp³-hybridized carbons (Fsp3) is 0.0667. The van der Waals surface area contributed by atoms with Crippen LogP contribution in [0.15, 0.2) is 52.3 Å². The van der Waals surface area contributed by atoms with Gasteiger partial charge in [-0.15, -0.1) is 0 Å². The van der Waals surface area contributed by atoms with Crippen LogP contribution in [0.4, 0.5) is 5.13 Å². The number of anilines is 1. The molecular weight excluding hydrogens is 400 g/mol. The van der Waals surface area contributed by atoms with Gasteiger partial charge >= 0.3 is 5.97 Å².